The number of hydrogen-bond acceptors (Lipinski definition) is 6. The van der Waals surface area contributed by atoms with Crippen molar-refractivity contribution in [1.29, 1.82) is 0 Å². The van der Waals surface area contributed by atoms with Gasteiger partial charge in [-0.05, 0) is 54.7 Å². The van der Waals surface area contributed by atoms with Gasteiger partial charge in [0.1, 0.15) is 17.8 Å². The van der Waals surface area contributed by atoms with E-state index in [4.69, 9.17) is 4.74 Å². The van der Waals surface area contributed by atoms with E-state index in [0.29, 0.717) is 31.1 Å². The van der Waals surface area contributed by atoms with Crippen LogP contribution in [0.25, 0.3) is 0 Å². The Morgan fingerprint density at radius 3 is 2.18 bits per heavy atom. The Morgan fingerprint density at radius 2 is 1.55 bits per heavy atom. The monoisotopic (exact) mass is 675 g/mol. The predicted octanol–water partition coefficient (Wildman–Crippen LogP) is 5.26. The Bertz CT molecular complexity index is 1400. The van der Waals surface area contributed by atoms with Crippen LogP contribution in [0.15, 0.2) is 73.2 Å². The van der Waals surface area contributed by atoms with Gasteiger partial charge in [-0.2, -0.15) is 0 Å². The van der Waals surface area contributed by atoms with E-state index in [1.54, 1.807) is 6.20 Å². The van der Waals surface area contributed by atoms with Crippen molar-refractivity contribution < 1.29 is 29.3 Å². The first kappa shape index (κ1) is 37.4. The molecule has 1 unspecified atom stereocenters. The largest absolute Gasteiger partial charge is 0.494 e. The van der Waals surface area contributed by atoms with E-state index >= 15 is 0 Å². The molecule has 2 aromatic carbocycles. The fraction of sp³-hybridized carbons (Fsp3) is 0.526. The Labute approximate surface area is 289 Å². The minimum absolute atomic E-state index is 0.111. The van der Waals surface area contributed by atoms with Gasteiger partial charge in [0.05, 0.1) is 25.1 Å². The van der Waals surface area contributed by atoms with Crippen LogP contribution in [0, 0.1) is 17.8 Å². The van der Waals surface area contributed by atoms with E-state index in [1.165, 1.54) is 12.7 Å². The van der Waals surface area contributed by atoms with E-state index < -0.39 is 42.1 Å². The number of aromatic amines is 1. The van der Waals surface area contributed by atoms with E-state index in [1.807, 2.05) is 60.7 Å². The number of nitrogens with zero attached hydrogens (tertiary/aromatic N) is 1. The molecule has 1 heterocycles. The van der Waals surface area contributed by atoms with Crippen LogP contribution in [0.1, 0.15) is 76.5 Å². The number of para-hydroxylation sites is 1. The zero-order valence-corrected chi connectivity index (χ0v) is 28.7. The molecule has 6 N–H and O–H groups in total. The number of carbonyl (C=O) groups excluding carboxylic acids is 2. The van der Waals surface area contributed by atoms with E-state index in [9.17, 15) is 24.6 Å². The lowest BCUT2D eigenvalue weighted by Gasteiger charge is -2.34. The number of aliphatic hydroxyl groups is 1. The maximum absolute atomic E-state index is 14.1. The Morgan fingerprint density at radius 1 is 0.898 bits per heavy atom. The van der Waals surface area contributed by atoms with Gasteiger partial charge in [0.2, 0.25) is 11.8 Å². The van der Waals surface area contributed by atoms with Gasteiger partial charge in [0.15, 0.2) is 0 Å². The topological polar surface area (TPSA) is 166 Å². The lowest BCUT2D eigenvalue weighted by atomic mass is 9.80. The fourth-order valence-electron chi connectivity index (χ4n) is 6.73. The number of aromatic nitrogens is 2. The highest BCUT2D eigenvalue weighted by Crippen LogP contribution is 2.30. The number of rotatable bonds is 19. The molecule has 11 heteroatoms. The predicted molar refractivity (Wildman–Crippen MR) is 188 cm³/mol. The number of H-pyrrole nitrogens is 1. The first-order valence-electron chi connectivity index (χ1n) is 17.6. The summed E-state index contributed by atoms with van der Waals surface area (Å²) in [5.74, 6) is 0.575. The molecule has 49 heavy (non-hydrogen) atoms. The van der Waals surface area contributed by atoms with Crippen LogP contribution in [0.5, 0.6) is 5.75 Å². The number of imidazole rings is 1. The average molecular weight is 676 g/mol. The molecule has 5 atom stereocenters. The molecule has 1 aliphatic carbocycles. The second kappa shape index (κ2) is 19.6. The summed E-state index contributed by atoms with van der Waals surface area (Å²) in [5.41, 5.74) is 1.41. The van der Waals surface area contributed by atoms with Gasteiger partial charge in [-0.1, -0.05) is 94.5 Å². The van der Waals surface area contributed by atoms with Crippen LogP contribution in [-0.2, 0) is 22.4 Å². The van der Waals surface area contributed by atoms with Crippen LogP contribution < -0.4 is 20.7 Å². The SMILES string of the molecule is CC(C)[C@@H](CCOc1ccccc1)C[C@H](O)[C@H](CC1CCCCC1)NC(=O)[C@H](Cc1cnc[nH]1)NC(=O)C(Cc1ccccc1)NC(=O)O. The molecule has 0 radical (unpaired) electrons. The maximum Gasteiger partial charge on any atom is 0.405 e. The molecule has 1 fully saturated rings. The Kier molecular flexibility index (Phi) is 15.0. The molecule has 0 aliphatic heterocycles. The smallest absolute Gasteiger partial charge is 0.405 e. The molecule has 3 amide bonds. The molecular weight excluding hydrogens is 622 g/mol. The van der Waals surface area contributed by atoms with Crippen LogP contribution in [0.4, 0.5) is 4.79 Å². The highest BCUT2D eigenvalue weighted by Gasteiger charge is 2.33. The first-order valence-corrected chi connectivity index (χ1v) is 17.6. The van der Waals surface area contributed by atoms with Crippen LogP contribution in [0.3, 0.4) is 0 Å². The first-order chi connectivity index (χ1) is 23.7. The minimum atomic E-state index is -1.34. The van der Waals surface area contributed by atoms with Gasteiger partial charge in [0, 0.05) is 24.7 Å². The van der Waals surface area contributed by atoms with E-state index in [2.05, 4.69) is 39.8 Å². The van der Waals surface area contributed by atoms with Crippen LogP contribution >= 0.6 is 0 Å². The van der Waals surface area contributed by atoms with E-state index in [0.717, 1.165) is 43.4 Å². The molecule has 1 aromatic heterocycles. The standard InChI is InChI=1S/C38H53N5O6/c1-26(2)29(18-19-49-31-16-10-5-11-17-31)22-35(44)32(20-27-12-6-3-7-13-27)41-37(46)34(23-30-24-39-25-40-30)42-36(45)33(43-38(47)48)21-28-14-8-4-9-15-28/h4-5,8-11,14-17,24-27,29,32-35,43-44H,3,6-7,12-13,18-23H2,1-2H3,(H,39,40)(H,41,46)(H,42,45)(H,47,48)/t29-,32-,33?,34-,35-/m0/s1. The second-order valence-corrected chi connectivity index (χ2v) is 13.6. The lowest BCUT2D eigenvalue weighted by Crippen LogP contribution is -2.57. The lowest BCUT2D eigenvalue weighted by molar-refractivity contribution is -0.131. The molecule has 0 spiro atoms. The number of amides is 3. The number of carboxylic acid groups (broad SMARTS) is 1. The molecule has 1 saturated carbocycles. The van der Waals surface area contributed by atoms with Crippen molar-refractivity contribution in [2.24, 2.45) is 17.8 Å². The summed E-state index contributed by atoms with van der Waals surface area (Å²) in [7, 11) is 0. The third kappa shape index (κ3) is 12.9. The summed E-state index contributed by atoms with van der Waals surface area (Å²) in [4.78, 5) is 46.4. The van der Waals surface area contributed by atoms with Gasteiger partial charge in [-0.3, -0.25) is 9.59 Å². The van der Waals surface area contributed by atoms with E-state index in [-0.39, 0.29) is 24.7 Å². The van der Waals surface area contributed by atoms with Gasteiger partial charge in [-0.25, -0.2) is 9.78 Å². The summed E-state index contributed by atoms with van der Waals surface area (Å²) in [6.07, 6.45) is 8.61. The molecule has 266 valence electrons. The number of benzene rings is 2. The van der Waals surface area contributed by atoms with Crippen LogP contribution in [0.2, 0.25) is 0 Å². The highest BCUT2D eigenvalue weighted by atomic mass is 16.5. The van der Waals surface area contributed by atoms with Crippen molar-refractivity contribution in [3.8, 4) is 5.75 Å². The third-order valence-corrected chi connectivity index (χ3v) is 9.60. The number of aliphatic hydroxyl groups excluding tert-OH is 1. The normalized spacial score (nSPS) is 16.6. The van der Waals surface area contributed by atoms with Gasteiger partial charge < -0.3 is 35.9 Å². The highest BCUT2D eigenvalue weighted by molar-refractivity contribution is 5.91. The average Bonchev–Trinajstić information content (AvgIpc) is 3.61. The molecule has 11 nitrogen and oxygen atoms in total. The summed E-state index contributed by atoms with van der Waals surface area (Å²) < 4.78 is 5.97. The Balaban J connectivity index is 1.49. The van der Waals surface area contributed by atoms with Crippen molar-refractivity contribution >= 4 is 17.9 Å². The molecule has 0 saturated heterocycles. The third-order valence-electron chi connectivity index (χ3n) is 9.60. The summed E-state index contributed by atoms with van der Waals surface area (Å²) >= 11 is 0. The summed E-state index contributed by atoms with van der Waals surface area (Å²) in [6.45, 7) is 4.80. The number of hydrogen-bond donors (Lipinski definition) is 6. The van der Waals surface area contributed by atoms with Crippen molar-refractivity contribution in [2.75, 3.05) is 6.61 Å². The zero-order valence-electron chi connectivity index (χ0n) is 28.7. The zero-order chi connectivity index (χ0) is 35.0. The second-order valence-electron chi connectivity index (χ2n) is 13.6. The van der Waals surface area contributed by atoms with Crippen LogP contribution in [-0.4, -0.2) is 68.9 Å². The van der Waals surface area contributed by atoms with Gasteiger partial charge in [-0.15, -0.1) is 0 Å². The van der Waals surface area contributed by atoms with Gasteiger partial charge in [0.25, 0.3) is 0 Å². The minimum Gasteiger partial charge on any atom is -0.494 e. The molecule has 1 aliphatic rings. The molecular formula is C38H53N5O6. The number of nitrogens with one attached hydrogen (secondary N) is 4. The molecule has 4 rings (SSSR count). The molecule has 0 bridgehead atoms. The molecule has 3 aromatic rings. The number of carbonyl (C=O) groups is 3. The van der Waals surface area contributed by atoms with Crippen molar-refractivity contribution in [3.05, 3.63) is 84.4 Å². The van der Waals surface area contributed by atoms with Crippen molar-refractivity contribution in [3.63, 3.8) is 0 Å². The van der Waals surface area contributed by atoms with Crippen molar-refractivity contribution in [1.82, 2.24) is 25.9 Å². The number of ether oxygens (including phenoxy) is 1. The summed E-state index contributed by atoms with van der Waals surface area (Å²) in [5, 5.41) is 29.5. The Hall–Kier alpha value is -4.38. The summed E-state index contributed by atoms with van der Waals surface area (Å²) in [6, 6.07) is 16.1. The maximum atomic E-state index is 14.1. The quantitative estimate of drug-likeness (QED) is 0.101. The fourth-order valence-corrected chi connectivity index (χ4v) is 6.73. The van der Waals surface area contributed by atoms with Crippen molar-refractivity contribution in [2.45, 2.75) is 102 Å². The van der Waals surface area contributed by atoms with Gasteiger partial charge >= 0.3 is 6.09 Å².